The number of carboxylic acids is 1. The molecule has 106 valence electrons. The highest BCUT2D eigenvalue weighted by atomic mass is 16.4. The molecule has 5 heteroatoms. The van der Waals surface area contributed by atoms with Gasteiger partial charge >= 0.3 is 5.97 Å². The van der Waals surface area contributed by atoms with Crippen LogP contribution in [0.3, 0.4) is 0 Å². The third-order valence-electron chi connectivity index (χ3n) is 3.56. The Morgan fingerprint density at radius 3 is 2.21 bits per heavy atom. The molecule has 0 aliphatic heterocycles. The van der Waals surface area contributed by atoms with Crippen LogP contribution in [0, 0.1) is 5.92 Å². The number of hydrogen-bond acceptors (Lipinski definition) is 4. The van der Waals surface area contributed by atoms with E-state index in [1.165, 1.54) is 6.07 Å². The molecule has 0 spiro atoms. The largest absolute Gasteiger partial charge is 0.508 e. The minimum Gasteiger partial charge on any atom is -0.508 e. The fraction of sp³-hybridized carbons (Fsp3) is 0.500. The molecule has 3 atom stereocenters. The van der Waals surface area contributed by atoms with Gasteiger partial charge in [0.15, 0.2) is 0 Å². The van der Waals surface area contributed by atoms with Crippen LogP contribution in [-0.2, 0) is 4.79 Å². The number of aliphatic carboxylic acids is 1. The molecule has 19 heavy (non-hydrogen) atoms. The number of phenols is 2. The van der Waals surface area contributed by atoms with Gasteiger partial charge in [-0.15, -0.1) is 0 Å². The first-order valence-electron chi connectivity index (χ1n) is 6.36. The number of phenolic OH excluding ortho intramolecular Hbond substituents is 2. The maximum absolute atomic E-state index is 10.8. The molecule has 0 heterocycles. The summed E-state index contributed by atoms with van der Waals surface area (Å²) in [7, 11) is 0. The molecule has 0 fully saturated rings. The summed E-state index contributed by atoms with van der Waals surface area (Å²) in [6.45, 7) is 3.91. The summed E-state index contributed by atoms with van der Waals surface area (Å²) in [5, 5.41) is 27.8. The molecule has 0 aliphatic rings. The smallest absolute Gasteiger partial charge is 0.320 e. The van der Waals surface area contributed by atoms with Crippen molar-refractivity contribution in [3.8, 4) is 11.5 Å². The standard InChI is InChI=1S/C14H21NO4/c1-3-9(6-13(15)14(18)19)8(2)10-4-11(16)7-12(17)5-10/h4-5,7-9,13,16-17H,3,6,15H2,1-2H3,(H,18,19). The minimum atomic E-state index is -1.01. The predicted molar refractivity (Wildman–Crippen MR) is 72.2 cm³/mol. The molecule has 5 nitrogen and oxygen atoms in total. The summed E-state index contributed by atoms with van der Waals surface area (Å²) in [4.78, 5) is 10.8. The lowest BCUT2D eigenvalue weighted by molar-refractivity contribution is -0.139. The zero-order valence-corrected chi connectivity index (χ0v) is 11.2. The van der Waals surface area contributed by atoms with Crippen molar-refractivity contribution >= 4 is 5.97 Å². The van der Waals surface area contributed by atoms with Gasteiger partial charge in [0.05, 0.1) is 0 Å². The molecule has 1 aromatic carbocycles. The van der Waals surface area contributed by atoms with E-state index < -0.39 is 12.0 Å². The van der Waals surface area contributed by atoms with Crippen molar-refractivity contribution in [1.82, 2.24) is 0 Å². The van der Waals surface area contributed by atoms with Crippen molar-refractivity contribution in [1.29, 1.82) is 0 Å². The number of aromatic hydroxyl groups is 2. The third-order valence-corrected chi connectivity index (χ3v) is 3.56. The first kappa shape index (κ1) is 15.3. The second-order valence-corrected chi connectivity index (χ2v) is 4.92. The number of rotatable bonds is 6. The molecule has 0 saturated carbocycles. The zero-order valence-electron chi connectivity index (χ0n) is 11.2. The van der Waals surface area contributed by atoms with Crippen LogP contribution >= 0.6 is 0 Å². The Morgan fingerprint density at radius 2 is 1.79 bits per heavy atom. The van der Waals surface area contributed by atoms with E-state index in [9.17, 15) is 15.0 Å². The Kier molecular flexibility index (Phi) is 5.18. The van der Waals surface area contributed by atoms with Crippen molar-refractivity contribution in [2.75, 3.05) is 0 Å². The van der Waals surface area contributed by atoms with Gasteiger partial charge in [-0.05, 0) is 36.0 Å². The first-order chi connectivity index (χ1) is 8.85. The normalized spacial score (nSPS) is 15.7. The van der Waals surface area contributed by atoms with E-state index in [-0.39, 0.29) is 23.3 Å². The van der Waals surface area contributed by atoms with Crippen LogP contribution in [0.5, 0.6) is 11.5 Å². The fourth-order valence-electron chi connectivity index (χ4n) is 2.30. The molecule has 0 saturated heterocycles. The lowest BCUT2D eigenvalue weighted by atomic mass is 9.81. The summed E-state index contributed by atoms with van der Waals surface area (Å²) in [6.07, 6.45) is 1.14. The summed E-state index contributed by atoms with van der Waals surface area (Å²) in [6, 6.07) is 3.54. The Bertz CT molecular complexity index is 427. The van der Waals surface area contributed by atoms with Crippen LogP contribution in [0.4, 0.5) is 0 Å². The van der Waals surface area contributed by atoms with Gasteiger partial charge in [-0.2, -0.15) is 0 Å². The van der Waals surface area contributed by atoms with Crippen molar-refractivity contribution < 1.29 is 20.1 Å². The topological polar surface area (TPSA) is 104 Å². The van der Waals surface area contributed by atoms with Gasteiger partial charge in [-0.3, -0.25) is 4.79 Å². The molecular formula is C14H21NO4. The molecule has 0 amide bonds. The quantitative estimate of drug-likeness (QED) is 0.631. The van der Waals surface area contributed by atoms with Gasteiger partial charge in [-0.1, -0.05) is 20.3 Å². The number of hydrogen-bond donors (Lipinski definition) is 4. The fourth-order valence-corrected chi connectivity index (χ4v) is 2.30. The molecule has 3 unspecified atom stereocenters. The molecule has 0 aromatic heterocycles. The predicted octanol–water partition coefficient (Wildman–Crippen LogP) is 2.03. The van der Waals surface area contributed by atoms with Gasteiger partial charge in [0, 0.05) is 6.07 Å². The SMILES string of the molecule is CCC(CC(N)C(=O)O)C(C)c1cc(O)cc(O)c1. The number of nitrogens with two attached hydrogens (primary N) is 1. The lowest BCUT2D eigenvalue weighted by Crippen LogP contribution is -2.33. The maximum atomic E-state index is 10.8. The van der Waals surface area contributed by atoms with E-state index in [1.807, 2.05) is 13.8 Å². The Balaban J connectivity index is 2.88. The van der Waals surface area contributed by atoms with E-state index in [0.29, 0.717) is 6.42 Å². The summed E-state index contributed by atoms with van der Waals surface area (Å²) in [5.74, 6) is -0.927. The number of benzene rings is 1. The van der Waals surface area contributed by atoms with Gasteiger partial charge in [0.2, 0.25) is 0 Å². The van der Waals surface area contributed by atoms with Gasteiger partial charge in [0.1, 0.15) is 17.5 Å². The Morgan fingerprint density at radius 1 is 1.26 bits per heavy atom. The van der Waals surface area contributed by atoms with Crippen LogP contribution in [0.2, 0.25) is 0 Å². The summed E-state index contributed by atoms with van der Waals surface area (Å²) in [5.41, 5.74) is 6.35. The second-order valence-electron chi connectivity index (χ2n) is 4.92. The van der Waals surface area contributed by atoms with Gasteiger partial charge < -0.3 is 21.1 Å². The first-order valence-corrected chi connectivity index (χ1v) is 6.36. The highest BCUT2D eigenvalue weighted by molar-refractivity contribution is 5.73. The zero-order chi connectivity index (χ0) is 14.6. The van der Waals surface area contributed by atoms with Crippen molar-refractivity contribution in [3.05, 3.63) is 23.8 Å². The van der Waals surface area contributed by atoms with Crippen molar-refractivity contribution in [2.24, 2.45) is 11.7 Å². The van der Waals surface area contributed by atoms with E-state index in [0.717, 1.165) is 12.0 Å². The molecule has 5 N–H and O–H groups in total. The van der Waals surface area contributed by atoms with Gasteiger partial charge in [0.25, 0.3) is 0 Å². The van der Waals surface area contributed by atoms with Gasteiger partial charge in [-0.25, -0.2) is 0 Å². The molecule has 0 radical (unpaired) electrons. The third kappa shape index (κ3) is 4.13. The van der Waals surface area contributed by atoms with Crippen LogP contribution in [0.15, 0.2) is 18.2 Å². The number of carbonyl (C=O) groups is 1. The molecular weight excluding hydrogens is 246 g/mol. The van der Waals surface area contributed by atoms with E-state index in [4.69, 9.17) is 10.8 Å². The van der Waals surface area contributed by atoms with Crippen LogP contribution in [0.1, 0.15) is 38.2 Å². The van der Waals surface area contributed by atoms with Crippen molar-refractivity contribution in [2.45, 2.75) is 38.6 Å². The summed E-state index contributed by atoms with van der Waals surface area (Å²) >= 11 is 0. The average Bonchev–Trinajstić information content (AvgIpc) is 2.33. The average molecular weight is 267 g/mol. The van der Waals surface area contributed by atoms with E-state index >= 15 is 0 Å². The highest BCUT2D eigenvalue weighted by Gasteiger charge is 2.23. The molecule has 1 rings (SSSR count). The lowest BCUT2D eigenvalue weighted by Gasteiger charge is -2.25. The van der Waals surface area contributed by atoms with Crippen molar-refractivity contribution in [3.63, 3.8) is 0 Å². The maximum Gasteiger partial charge on any atom is 0.320 e. The summed E-state index contributed by atoms with van der Waals surface area (Å²) < 4.78 is 0. The van der Waals surface area contributed by atoms with E-state index in [1.54, 1.807) is 12.1 Å². The second kappa shape index (κ2) is 6.43. The van der Waals surface area contributed by atoms with Crippen LogP contribution in [0.25, 0.3) is 0 Å². The Hall–Kier alpha value is -1.75. The number of carboxylic acid groups (broad SMARTS) is 1. The van der Waals surface area contributed by atoms with Crippen LogP contribution < -0.4 is 5.73 Å². The Labute approximate surface area is 112 Å². The van der Waals surface area contributed by atoms with Crippen LogP contribution in [-0.4, -0.2) is 27.3 Å². The molecule has 0 bridgehead atoms. The molecule has 0 aliphatic carbocycles. The monoisotopic (exact) mass is 267 g/mol. The highest BCUT2D eigenvalue weighted by Crippen LogP contribution is 2.33. The van der Waals surface area contributed by atoms with E-state index in [2.05, 4.69) is 0 Å². The molecule has 1 aromatic rings. The minimum absolute atomic E-state index is 0.000707.